The number of aromatic carboxylic acids is 1. The number of hydrogen-bond donors (Lipinski definition) is 3. The summed E-state index contributed by atoms with van der Waals surface area (Å²) in [5.41, 5.74) is 4.73. The highest BCUT2D eigenvalue weighted by Crippen LogP contribution is 2.44. The van der Waals surface area contributed by atoms with Crippen LogP contribution in [-0.4, -0.2) is 36.2 Å². The number of carboxylic acids is 1. The Morgan fingerprint density at radius 1 is 0.971 bits per heavy atom. The van der Waals surface area contributed by atoms with Crippen molar-refractivity contribution < 1.29 is 24.2 Å². The third-order valence-electron chi connectivity index (χ3n) is 6.58. The summed E-state index contributed by atoms with van der Waals surface area (Å²) in [7, 11) is 0. The molecule has 7 nitrogen and oxygen atoms in total. The van der Waals surface area contributed by atoms with Crippen LogP contribution in [0.3, 0.4) is 0 Å². The second kappa shape index (κ2) is 9.43. The van der Waals surface area contributed by atoms with E-state index in [9.17, 15) is 19.5 Å². The molecule has 3 aromatic carbocycles. The van der Waals surface area contributed by atoms with Crippen molar-refractivity contribution in [3.8, 4) is 11.1 Å². The summed E-state index contributed by atoms with van der Waals surface area (Å²) in [6, 6.07) is 20.5. The maximum absolute atomic E-state index is 12.6. The second-order valence-electron chi connectivity index (χ2n) is 8.79. The Kier molecular flexibility index (Phi) is 6.17. The monoisotopic (exact) mass is 490 g/mol. The summed E-state index contributed by atoms with van der Waals surface area (Å²) in [6.07, 6.45) is 0.0688. The summed E-state index contributed by atoms with van der Waals surface area (Å²) in [5, 5.41) is 15.0. The van der Waals surface area contributed by atoms with Crippen LogP contribution < -0.4 is 10.6 Å². The number of carbonyl (C=O) groups is 3. The van der Waals surface area contributed by atoms with Crippen molar-refractivity contribution in [3.05, 3.63) is 88.4 Å². The topological polar surface area (TPSA) is 105 Å². The number of fused-ring (bicyclic) bond motifs is 3. The van der Waals surface area contributed by atoms with Gasteiger partial charge in [0.2, 0.25) is 5.91 Å². The van der Waals surface area contributed by atoms with E-state index in [1.54, 1.807) is 0 Å². The number of carboxylic acid groups (broad SMARTS) is 1. The molecule has 5 rings (SSSR count). The fourth-order valence-electron chi connectivity index (χ4n) is 4.69. The van der Waals surface area contributed by atoms with Gasteiger partial charge in [0.05, 0.1) is 11.3 Å². The molecule has 2 atom stereocenters. The van der Waals surface area contributed by atoms with Crippen LogP contribution in [0.1, 0.15) is 33.8 Å². The molecule has 1 saturated carbocycles. The number of carbonyl (C=O) groups excluding carboxylic acids is 2. The third kappa shape index (κ3) is 4.72. The highest BCUT2D eigenvalue weighted by molar-refractivity contribution is 6.31. The molecule has 3 aromatic rings. The molecular formula is C27H23ClN2O5. The third-order valence-corrected chi connectivity index (χ3v) is 6.82. The molecule has 0 radical (unpaired) electrons. The number of benzene rings is 3. The molecule has 1 fully saturated rings. The first kappa shape index (κ1) is 22.9. The lowest BCUT2D eigenvalue weighted by molar-refractivity contribution is -0.117. The van der Waals surface area contributed by atoms with Crippen LogP contribution in [-0.2, 0) is 9.53 Å². The van der Waals surface area contributed by atoms with Crippen molar-refractivity contribution in [1.29, 1.82) is 0 Å². The van der Waals surface area contributed by atoms with Gasteiger partial charge in [-0.1, -0.05) is 60.1 Å². The van der Waals surface area contributed by atoms with Crippen LogP contribution in [0.4, 0.5) is 10.5 Å². The van der Waals surface area contributed by atoms with Gasteiger partial charge in [0.25, 0.3) is 0 Å². The first-order valence-corrected chi connectivity index (χ1v) is 11.7. The van der Waals surface area contributed by atoms with Crippen LogP contribution in [0.15, 0.2) is 66.7 Å². The lowest BCUT2D eigenvalue weighted by Crippen LogP contribution is -2.29. The van der Waals surface area contributed by atoms with E-state index in [1.807, 2.05) is 24.3 Å². The largest absolute Gasteiger partial charge is 0.478 e. The van der Waals surface area contributed by atoms with E-state index in [1.165, 1.54) is 18.2 Å². The Morgan fingerprint density at radius 3 is 2.29 bits per heavy atom. The molecular weight excluding hydrogens is 468 g/mol. The van der Waals surface area contributed by atoms with Crippen LogP contribution in [0.5, 0.6) is 0 Å². The Hall–Kier alpha value is -3.84. The number of amides is 2. The minimum atomic E-state index is -1.15. The van der Waals surface area contributed by atoms with Crippen molar-refractivity contribution in [2.75, 3.05) is 18.5 Å². The molecule has 2 amide bonds. The molecule has 0 aromatic heterocycles. The number of ether oxygens (including phenoxy) is 1. The molecule has 0 spiro atoms. The van der Waals surface area contributed by atoms with Crippen LogP contribution in [0.25, 0.3) is 11.1 Å². The first-order chi connectivity index (χ1) is 16.9. The normalized spacial score (nSPS) is 17.7. The van der Waals surface area contributed by atoms with Gasteiger partial charge in [-0.3, -0.25) is 4.79 Å². The van der Waals surface area contributed by atoms with Gasteiger partial charge in [0, 0.05) is 23.4 Å². The van der Waals surface area contributed by atoms with E-state index in [0.29, 0.717) is 18.0 Å². The second-order valence-corrected chi connectivity index (χ2v) is 9.23. The first-order valence-electron chi connectivity index (χ1n) is 11.3. The van der Waals surface area contributed by atoms with E-state index in [2.05, 4.69) is 34.9 Å². The van der Waals surface area contributed by atoms with Gasteiger partial charge < -0.3 is 20.5 Å². The number of anilines is 1. The summed E-state index contributed by atoms with van der Waals surface area (Å²) in [4.78, 5) is 36.3. The average Bonchev–Trinajstić information content (AvgIpc) is 3.56. The molecule has 2 aliphatic carbocycles. The number of alkyl carbamates (subject to hydrolysis) is 1. The molecule has 0 saturated heterocycles. The van der Waals surface area contributed by atoms with E-state index >= 15 is 0 Å². The fourth-order valence-corrected chi connectivity index (χ4v) is 4.86. The number of rotatable bonds is 7. The Labute approximate surface area is 207 Å². The number of hydrogen-bond acceptors (Lipinski definition) is 4. The summed E-state index contributed by atoms with van der Waals surface area (Å²) in [6.45, 7) is 0.525. The van der Waals surface area contributed by atoms with Gasteiger partial charge >= 0.3 is 12.1 Å². The predicted octanol–water partition coefficient (Wildman–Crippen LogP) is 5.15. The summed E-state index contributed by atoms with van der Waals surface area (Å²) in [5.74, 6) is -1.82. The number of halogens is 1. The van der Waals surface area contributed by atoms with Crippen LogP contribution in [0, 0.1) is 11.8 Å². The Bertz CT molecular complexity index is 1280. The Morgan fingerprint density at radius 2 is 1.63 bits per heavy atom. The maximum Gasteiger partial charge on any atom is 0.407 e. The SMILES string of the molecule is O=C(NCC1CC1C(=O)Nc1cc(Cl)ccc1C(=O)O)OCC1c2ccccc2-c2ccccc21. The zero-order valence-electron chi connectivity index (χ0n) is 18.7. The molecule has 0 aliphatic heterocycles. The fraction of sp³-hybridized carbons (Fsp3) is 0.222. The van der Waals surface area contributed by atoms with Crippen molar-refractivity contribution in [2.24, 2.45) is 11.8 Å². The molecule has 2 aliphatic rings. The smallest absolute Gasteiger partial charge is 0.407 e. The zero-order chi connectivity index (χ0) is 24.5. The standard InChI is InChI=1S/C27H23ClN2O5/c28-16-9-10-21(26(32)33)24(12-16)30-25(31)22-11-15(22)13-29-27(34)35-14-23-19-7-3-1-5-17(19)18-6-2-4-8-20(18)23/h1-10,12,15,22-23H,11,13-14H2,(H,29,34)(H,30,31)(H,32,33). The lowest BCUT2D eigenvalue weighted by atomic mass is 9.98. The highest BCUT2D eigenvalue weighted by atomic mass is 35.5. The van der Waals surface area contributed by atoms with Gasteiger partial charge in [-0.05, 0) is 52.8 Å². The van der Waals surface area contributed by atoms with Crippen molar-refractivity contribution in [3.63, 3.8) is 0 Å². The van der Waals surface area contributed by atoms with Gasteiger partial charge in [0.15, 0.2) is 0 Å². The molecule has 0 heterocycles. The average molecular weight is 491 g/mol. The van der Waals surface area contributed by atoms with E-state index in [0.717, 1.165) is 22.3 Å². The van der Waals surface area contributed by atoms with E-state index < -0.39 is 12.1 Å². The molecule has 35 heavy (non-hydrogen) atoms. The minimum Gasteiger partial charge on any atom is -0.478 e. The van der Waals surface area contributed by atoms with Gasteiger partial charge in [-0.25, -0.2) is 9.59 Å². The summed E-state index contributed by atoms with van der Waals surface area (Å²) < 4.78 is 5.53. The van der Waals surface area contributed by atoms with Gasteiger partial charge in [-0.15, -0.1) is 0 Å². The molecule has 178 valence electrons. The predicted molar refractivity (Wildman–Crippen MR) is 132 cm³/mol. The maximum atomic E-state index is 12.6. The molecule has 3 N–H and O–H groups in total. The van der Waals surface area contributed by atoms with Crippen molar-refractivity contribution >= 4 is 35.3 Å². The zero-order valence-corrected chi connectivity index (χ0v) is 19.4. The number of nitrogens with one attached hydrogen (secondary N) is 2. The van der Waals surface area contributed by atoms with Crippen LogP contribution in [0.2, 0.25) is 5.02 Å². The van der Waals surface area contributed by atoms with Crippen LogP contribution >= 0.6 is 11.6 Å². The highest BCUT2D eigenvalue weighted by Gasteiger charge is 2.43. The van der Waals surface area contributed by atoms with Gasteiger partial charge in [0.1, 0.15) is 6.61 Å². The summed E-state index contributed by atoms with van der Waals surface area (Å²) >= 11 is 5.94. The van der Waals surface area contributed by atoms with Crippen molar-refractivity contribution in [2.45, 2.75) is 12.3 Å². The molecule has 2 unspecified atom stereocenters. The minimum absolute atomic E-state index is 0.0197. The molecule has 8 heteroatoms. The van der Waals surface area contributed by atoms with Crippen molar-refractivity contribution in [1.82, 2.24) is 5.32 Å². The lowest BCUT2D eigenvalue weighted by Gasteiger charge is -2.14. The quantitative estimate of drug-likeness (QED) is 0.424. The van der Waals surface area contributed by atoms with E-state index in [4.69, 9.17) is 16.3 Å². The Balaban J connectivity index is 1.12. The van der Waals surface area contributed by atoms with Gasteiger partial charge in [-0.2, -0.15) is 0 Å². The molecule has 0 bridgehead atoms. The van der Waals surface area contributed by atoms with E-state index in [-0.39, 0.29) is 41.5 Å².